The molecule has 3 rings (SSSR count). The number of anilines is 1. The third-order valence-electron chi connectivity index (χ3n) is 7.28. The van der Waals surface area contributed by atoms with E-state index in [1.54, 1.807) is 30.0 Å². The van der Waals surface area contributed by atoms with E-state index in [0.717, 1.165) is 31.1 Å². The number of amides is 1. The van der Waals surface area contributed by atoms with Crippen molar-refractivity contribution in [3.63, 3.8) is 0 Å². The second-order valence-corrected chi connectivity index (χ2v) is 13.9. The van der Waals surface area contributed by atoms with Crippen molar-refractivity contribution in [2.45, 2.75) is 64.8 Å². The van der Waals surface area contributed by atoms with Crippen LogP contribution in [0.3, 0.4) is 0 Å². The van der Waals surface area contributed by atoms with Crippen LogP contribution in [0.25, 0.3) is 0 Å². The molecule has 1 amide bonds. The first-order chi connectivity index (χ1) is 19.8. The molecule has 2 N–H and O–H groups in total. The van der Waals surface area contributed by atoms with Gasteiger partial charge in [0.05, 0.1) is 46.7 Å². The summed E-state index contributed by atoms with van der Waals surface area (Å²) < 4.78 is 38.9. The maximum absolute atomic E-state index is 14.1. The molecule has 0 aromatic heterocycles. The highest BCUT2D eigenvalue weighted by atomic mass is 35.5. The number of carbonyl (C=O) groups is 1. The van der Waals surface area contributed by atoms with Crippen molar-refractivity contribution in [3.05, 3.63) is 57.6 Å². The van der Waals surface area contributed by atoms with Crippen LogP contribution in [0.4, 0.5) is 5.69 Å². The summed E-state index contributed by atoms with van der Waals surface area (Å²) >= 11 is 12.3. The Bertz CT molecular complexity index is 1310. The number of ether oxygens (including phenoxy) is 2. The van der Waals surface area contributed by atoms with Crippen LogP contribution in [0.15, 0.2) is 36.4 Å². The molecule has 1 aliphatic rings. The number of hydrogen-bond donors (Lipinski definition) is 2. The predicted octanol–water partition coefficient (Wildman–Crippen LogP) is 5.29. The van der Waals surface area contributed by atoms with E-state index in [-0.39, 0.29) is 41.9 Å². The minimum atomic E-state index is -3.56. The highest BCUT2D eigenvalue weighted by Gasteiger charge is 2.30. The first kappa shape index (κ1) is 34.4. The maximum atomic E-state index is 14.1. The summed E-state index contributed by atoms with van der Waals surface area (Å²) in [5.41, 5.74) is 1.52. The van der Waals surface area contributed by atoms with Crippen LogP contribution in [0, 0.1) is 5.92 Å². The topological polar surface area (TPSA) is 108 Å². The van der Waals surface area contributed by atoms with Crippen LogP contribution < -0.4 is 9.46 Å². The number of halogens is 2. The summed E-state index contributed by atoms with van der Waals surface area (Å²) in [6.45, 7) is 7.65. The number of aliphatic hydroxyl groups is 1. The summed E-state index contributed by atoms with van der Waals surface area (Å²) in [5.74, 6) is -0.0777. The molecule has 9 nitrogen and oxygen atoms in total. The van der Waals surface area contributed by atoms with E-state index in [1.165, 1.54) is 6.07 Å². The fraction of sp³-hybridized carbons (Fsp3) is 0.567. The molecule has 1 aliphatic heterocycles. The van der Waals surface area contributed by atoms with Crippen LogP contribution in [0.1, 0.15) is 56.0 Å². The Morgan fingerprint density at radius 2 is 1.88 bits per heavy atom. The zero-order chi connectivity index (χ0) is 31.0. The summed E-state index contributed by atoms with van der Waals surface area (Å²) in [6, 6.07) is 9.79. The maximum Gasteiger partial charge on any atom is 0.258 e. The van der Waals surface area contributed by atoms with Crippen LogP contribution in [0.2, 0.25) is 10.0 Å². The number of carbonyl (C=O) groups excluding carboxylic acids is 1. The summed E-state index contributed by atoms with van der Waals surface area (Å²) in [4.78, 5) is 17.9. The molecule has 2 aromatic rings. The lowest BCUT2D eigenvalue weighted by Gasteiger charge is -2.36. The number of hydrogen-bond acceptors (Lipinski definition) is 7. The second kappa shape index (κ2) is 15.6. The van der Waals surface area contributed by atoms with Gasteiger partial charge in [0.2, 0.25) is 10.0 Å². The lowest BCUT2D eigenvalue weighted by molar-refractivity contribution is -0.0177. The Labute approximate surface area is 260 Å². The molecule has 0 spiro atoms. The quantitative estimate of drug-likeness (QED) is 0.402. The van der Waals surface area contributed by atoms with Gasteiger partial charge in [-0.15, -0.1) is 0 Å². The zero-order valence-electron chi connectivity index (χ0n) is 25.0. The monoisotopic (exact) mass is 643 g/mol. The van der Waals surface area contributed by atoms with Gasteiger partial charge in [0, 0.05) is 37.8 Å². The molecule has 0 aliphatic carbocycles. The molecule has 2 aromatic carbocycles. The average molecular weight is 645 g/mol. The Kier molecular flexibility index (Phi) is 12.8. The van der Waals surface area contributed by atoms with E-state index in [2.05, 4.69) is 9.62 Å². The van der Waals surface area contributed by atoms with Crippen LogP contribution in [-0.2, 0) is 21.3 Å². The van der Waals surface area contributed by atoms with E-state index in [0.29, 0.717) is 42.0 Å². The number of rotatable bonds is 8. The SMILES string of the molecule is C[C@@H]1CCCCO[C@@H](CN(C)Cc2ccc(Cl)c(Cl)c2)[C@H](C)CN([C@H](C)CO)C(=O)c2cc(NS(C)(=O)=O)ccc2O1. The lowest BCUT2D eigenvalue weighted by atomic mass is 10.0. The molecule has 0 saturated heterocycles. The molecule has 0 unspecified atom stereocenters. The van der Waals surface area contributed by atoms with Gasteiger partial charge in [-0.3, -0.25) is 14.4 Å². The Balaban J connectivity index is 1.92. The van der Waals surface area contributed by atoms with Crippen molar-refractivity contribution in [1.82, 2.24) is 9.80 Å². The van der Waals surface area contributed by atoms with Gasteiger partial charge in [-0.25, -0.2) is 8.42 Å². The van der Waals surface area contributed by atoms with E-state index in [9.17, 15) is 18.3 Å². The van der Waals surface area contributed by atoms with Crippen LogP contribution in [0.5, 0.6) is 5.75 Å². The van der Waals surface area contributed by atoms with Gasteiger partial charge in [-0.1, -0.05) is 36.2 Å². The van der Waals surface area contributed by atoms with Gasteiger partial charge < -0.3 is 19.5 Å². The molecule has 12 heteroatoms. The Morgan fingerprint density at radius 1 is 1.14 bits per heavy atom. The van der Waals surface area contributed by atoms with Crippen molar-refractivity contribution >= 4 is 44.8 Å². The fourth-order valence-corrected chi connectivity index (χ4v) is 5.86. The van der Waals surface area contributed by atoms with E-state index >= 15 is 0 Å². The molecule has 0 bridgehead atoms. The van der Waals surface area contributed by atoms with Crippen LogP contribution in [-0.4, -0.2) is 87.1 Å². The number of sulfonamides is 1. The molecular formula is C30H43Cl2N3O6S. The van der Waals surface area contributed by atoms with E-state index < -0.39 is 16.1 Å². The summed E-state index contributed by atoms with van der Waals surface area (Å²) in [5, 5.41) is 11.1. The first-order valence-corrected chi connectivity index (χ1v) is 16.9. The number of nitrogens with zero attached hydrogens (tertiary/aromatic N) is 2. The predicted molar refractivity (Wildman–Crippen MR) is 168 cm³/mol. The third-order valence-corrected chi connectivity index (χ3v) is 8.63. The molecule has 234 valence electrons. The molecule has 0 fully saturated rings. The molecule has 4 atom stereocenters. The molecule has 0 saturated carbocycles. The van der Waals surface area contributed by atoms with Crippen LogP contribution >= 0.6 is 23.2 Å². The molecule has 0 radical (unpaired) electrons. The van der Waals surface area contributed by atoms with E-state index in [1.807, 2.05) is 33.0 Å². The van der Waals surface area contributed by atoms with Crippen molar-refractivity contribution in [2.75, 3.05) is 44.3 Å². The standard InChI is InChI=1S/C30H43Cl2N3O6S/c1-20-16-35(21(2)19-36)30(37)25-15-24(33-42(5,38)39)10-12-28(25)41-22(3)8-6-7-13-40-29(20)18-34(4)17-23-9-11-26(31)27(32)14-23/h9-12,14-15,20-22,29,33,36H,6-8,13,16-19H2,1-5H3/t20-,21-,22-,29+/m1/s1. The highest BCUT2D eigenvalue weighted by Crippen LogP contribution is 2.29. The number of fused-ring (bicyclic) bond motifs is 1. The van der Waals surface area contributed by atoms with E-state index in [4.69, 9.17) is 32.7 Å². The Morgan fingerprint density at radius 3 is 2.55 bits per heavy atom. The summed E-state index contributed by atoms with van der Waals surface area (Å²) in [6.07, 6.45) is 3.17. The van der Waals surface area contributed by atoms with Crippen molar-refractivity contribution < 1.29 is 27.8 Å². The van der Waals surface area contributed by atoms with Gasteiger partial charge >= 0.3 is 0 Å². The Hall–Kier alpha value is -2.08. The molecule has 42 heavy (non-hydrogen) atoms. The van der Waals surface area contributed by atoms with Crippen molar-refractivity contribution in [1.29, 1.82) is 0 Å². The van der Waals surface area contributed by atoms with Crippen molar-refractivity contribution in [2.24, 2.45) is 5.92 Å². The fourth-order valence-electron chi connectivity index (χ4n) is 4.98. The number of nitrogens with one attached hydrogen (secondary N) is 1. The normalized spacial score (nSPS) is 21.8. The minimum Gasteiger partial charge on any atom is -0.490 e. The van der Waals surface area contributed by atoms with Gasteiger partial charge in [-0.2, -0.15) is 0 Å². The lowest BCUT2D eigenvalue weighted by Crippen LogP contribution is -2.47. The van der Waals surface area contributed by atoms with Crippen molar-refractivity contribution in [3.8, 4) is 5.75 Å². The van der Waals surface area contributed by atoms with Gasteiger partial charge in [-0.05, 0) is 76.1 Å². The third kappa shape index (κ3) is 10.3. The zero-order valence-corrected chi connectivity index (χ0v) is 27.3. The first-order valence-electron chi connectivity index (χ1n) is 14.2. The van der Waals surface area contributed by atoms with Gasteiger partial charge in [0.1, 0.15) is 5.75 Å². The minimum absolute atomic E-state index is 0.0947. The smallest absolute Gasteiger partial charge is 0.258 e. The number of likely N-dealkylation sites (N-methyl/N-ethyl adjacent to an activating group) is 1. The molecule has 1 heterocycles. The highest BCUT2D eigenvalue weighted by molar-refractivity contribution is 7.92. The number of aliphatic hydroxyl groups excluding tert-OH is 1. The summed E-state index contributed by atoms with van der Waals surface area (Å²) in [7, 11) is -1.55. The van der Waals surface area contributed by atoms with Gasteiger partial charge in [0.15, 0.2) is 0 Å². The second-order valence-electron chi connectivity index (χ2n) is 11.3. The molecular weight excluding hydrogens is 601 g/mol. The van der Waals surface area contributed by atoms with Gasteiger partial charge in [0.25, 0.3) is 5.91 Å². The largest absolute Gasteiger partial charge is 0.490 e. The average Bonchev–Trinajstić information content (AvgIpc) is 2.91. The number of benzene rings is 2.